The molecule has 4 bridgehead atoms. The van der Waals surface area contributed by atoms with Gasteiger partial charge >= 0.3 is 6.09 Å². The number of carbonyl (C=O) groups is 2. The Morgan fingerprint density at radius 2 is 1.85 bits per heavy atom. The highest BCUT2D eigenvalue weighted by Gasteiger charge is 2.59. The van der Waals surface area contributed by atoms with Crippen LogP contribution < -0.4 is 20.5 Å². The summed E-state index contributed by atoms with van der Waals surface area (Å²) in [6.07, 6.45) is 8.76. The molecule has 4 N–H and O–H groups in total. The summed E-state index contributed by atoms with van der Waals surface area (Å²) >= 11 is 0. The van der Waals surface area contributed by atoms with Crippen molar-refractivity contribution in [3.63, 3.8) is 0 Å². The number of hydrogen-bond acceptors (Lipinski definition) is 7. The minimum atomic E-state index is -3.40. The summed E-state index contributed by atoms with van der Waals surface area (Å²) in [5.74, 6) is 1.30. The molecular weight excluding hydrogens is 534 g/mol. The second kappa shape index (κ2) is 11.2. The number of hydrogen-bond donors (Lipinski definition) is 3. The topological polar surface area (TPSA) is 155 Å². The van der Waals surface area contributed by atoms with Crippen molar-refractivity contribution in [3.05, 3.63) is 11.8 Å². The Morgan fingerprint density at radius 1 is 1.20 bits per heavy atom. The van der Waals surface area contributed by atoms with E-state index in [-0.39, 0.29) is 23.2 Å². The van der Waals surface area contributed by atoms with Gasteiger partial charge in [-0.05, 0) is 87.9 Å². The Kier molecular flexibility index (Phi) is 8.53. The quantitative estimate of drug-likeness (QED) is 0.322. The zero-order valence-corrected chi connectivity index (χ0v) is 25.6. The van der Waals surface area contributed by atoms with Gasteiger partial charge in [-0.3, -0.25) is 4.79 Å². The smallest absolute Gasteiger partial charge is 0.405 e. The number of nitrogens with zero attached hydrogens (tertiary/aromatic N) is 2. The number of rotatable bonds is 13. The minimum absolute atomic E-state index is 0.0433. The van der Waals surface area contributed by atoms with Crippen molar-refractivity contribution in [3.8, 4) is 5.88 Å². The minimum Gasteiger partial charge on any atom is -0.477 e. The van der Waals surface area contributed by atoms with E-state index in [0.717, 1.165) is 44.8 Å². The Morgan fingerprint density at radius 3 is 2.42 bits per heavy atom. The van der Waals surface area contributed by atoms with Crippen LogP contribution in [0.2, 0.25) is 0 Å². The molecule has 0 radical (unpaired) electrons. The number of amides is 2. The van der Waals surface area contributed by atoms with Gasteiger partial charge in [-0.1, -0.05) is 20.8 Å². The molecule has 0 spiro atoms. The van der Waals surface area contributed by atoms with Gasteiger partial charge in [-0.15, -0.1) is 0 Å². The molecule has 5 rings (SSSR count). The summed E-state index contributed by atoms with van der Waals surface area (Å²) in [4.78, 5) is 25.0. The predicted octanol–water partition coefficient (Wildman–Crippen LogP) is 3.44. The molecule has 226 valence electrons. The Balaban J connectivity index is 1.43. The van der Waals surface area contributed by atoms with Crippen LogP contribution in [0.25, 0.3) is 0 Å². The van der Waals surface area contributed by atoms with E-state index in [9.17, 15) is 18.0 Å². The second-order valence-corrected chi connectivity index (χ2v) is 15.6. The third-order valence-electron chi connectivity index (χ3n) is 9.10. The number of aromatic nitrogens is 2. The van der Waals surface area contributed by atoms with Gasteiger partial charge in [0.25, 0.3) is 5.91 Å². The zero-order chi connectivity index (χ0) is 29.5. The van der Waals surface area contributed by atoms with E-state index in [1.807, 2.05) is 34.6 Å². The molecule has 12 heteroatoms. The van der Waals surface area contributed by atoms with Gasteiger partial charge in [0, 0.05) is 18.6 Å². The molecule has 4 fully saturated rings. The molecule has 11 nitrogen and oxygen atoms in total. The summed E-state index contributed by atoms with van der Waals surface area (Å²) in [7, 11) is -3.40. The molecule has 2 amide bonds. The summed E-state index contributed by atoms with van der Waals surface area (Å²) in [6.45, 7) is 10.9. The predicted molar refractivity (Wildman–Crippen MR) is 151 cm³/mol. The average Bonchev–Trinajstić information content (AvgIpc) is 3.16. The third-order valence-corrected chi connectivity index (χ3v) is 10.00. The van der Waals surface area contributed by atoms with E-state index in [2.05, 4.69) is 15.1 Å². The zero-order valence-electron chi connectivity index (χ0n) is 24.8. The van der Waals surface area contributed by atoms with Crippen molar-refractivity contribution in [2.45, 2.75) is 97.2 Å². The number of ether oxygens (including phenoxy) is 2. The molecule has 3 unspecified atom stereocenters. The van der Waals surface area contributed by atoms with Crippen LogP contribution >= 0.6 is 0 Å². The van der Waals surface area contributed by atoms with Crippen LogP contribution in [-0.4, -0.2) is 60.7 Å². The van der Waals surface area contributed by atoms with Crippen molar-refractivity contribution >= 4 is 22.0 Å². The maximum Gasteiger partial charge on any atom is 0.405 e. The maximum absolute atomic E-state index is 13.4. The van der Waals surface area contributed by atoms with E-state index >= 15 is 0 Å². The lowest BCUT2D eigenvalue weighted by Crippen LogP contribution is -2.58. The van der Waals surface area contributed by atoms with Crippen LogP contribution in [0.4, 0.5) is 4.79 Å². The fourth-order valence-corrected chi connectivity index (χ4v) is 8.81. The molecule has 40 heavy (non-hydrogen) atoms. The molecular formula is C28H47N5O6S. The summed E-state index contributed by atoms with van der Waals surface area (Å²) in [5, 5.41) is 7.54. The van der Waals surface area contributed by atoms with Crippen LogP contribution in [0, 0.1) is 29.1 Å². The van der Waals surface area contributed by atoms with Gasteiger partial charge in [0.15, 0.2) is 0 Å². The van der Waals surface area contributed by atoms with Crippen molar-refractivity contribution in [2.75, 3.05) is 19.4 Å². The largest absolute Gasteiger partial charge is 0.477 e. The Labute approximate surface area is 238 Å². The molecule has 0 aromatic carbocycles. The van der Waals surface area contributed by atoms with E-state index in [1.165, 1.54) is 12.6 Å². The lowest BCUT2D eigenvalue weighted by molar-refractivity contribution is -0.164. The number of primary amides is 1. The number of carbonyl (C=O) groups excluding carboxylic acids is 2. The molecule has 1 aromatic rings. The maximum atomic E-state index is 13.4. The highest BCUT2D eigenvalue weighted by Crippen LogP contribution is 2.63. The van der Waals surface area contributed by atoms with E-state index in [1.54, 1.807) is 4.68 Å². The van der Waals surface area contributed by atoms with Crippen molar-refractivity contribution < 1.29 is 27.5 Å². The molecule has 1 aromatic heterocycles. The number of sulfonamides is 1. The number of nitrogens with two attached hydrogens (primary N) is 1. The fraction of sp³-hybridized carbons (Fsp3) is 0.821. The molecule has 4 aliphatic rings. The van der Waals surface area contributed by atoms with Crippen LogP contribution in [0.15, 0.2) is 6.20 Å². The molecule has 1 heterocycles. The summed E-state index contributed by atoms with van der Waals surface area (Å²) in [5.41, 5.74) is 4.66. The first kappa shape index (κ1) is 30.6. The average molecular weight is 582 g/mol. The first-order valence-corrected chi connectivity index (χ1v) is 16.3. The van der Waals surface area contributed by atoms with Gasteiger partial charge < -0.3 is 20.5 Å². The van der Waals surface area contributed by atoms with Crippen LogP contribution in [-0.2, 0) is 21.3 Å². The standard InChI is InChI=1S/C28H47N5O6S/c1-18(2)16-38-24-22(14-31-33(24)15-19(3)26(4,5)32-40(6,36)37)23(34)30-8-7-27-10-20-9-21(11-27)13-28(12-20,17-27)39-25(29)35/h14,18-21,32H,7-13,15-17H2,1-6H3,(H2,29,35)(H,30,34). The normalized spacial score (nSPS) is 28.5. The lowest BCUT2D eigenvalue weighted by atomic mass is 9.47. The van der Waals surface area contributed by atoms with Gasteiger partial charge in [-0.2, -0.15) is 5.10 Å². The monoisotopic (exact) mass is 581 g/mol. The lowest BCUT2D eigenvalue weighted by Gasteiger charge is -2.61. The molecule has 4 aliphatic carbocycles. The van der Waals surface area contributed by atoms with E-state index in [0.29, 0.717) is 43.0 Å². The third kappa shape index (κ3) is 7.10. The first-order valence-electron chi connectivity index (χ1n) is 14.4. The molecule has 3 atom stereocenters. The van der Waals surface area contributed by atoms with Crippen molar-refractivity contribution in [2.24, 2.45) is 34.8 Å². The number of nitrogens with one attached hydrogen (secondary N) is 2. The first-order chi connectivity index (χ1) is 18.5. The fourth-order valence-electron chi connectivity index (χ4n) is 7.65. The second-order valence-electron chi connectivity index (χ2n) is 13.8. The van der Waals surface area contributed by atoms with Crippen molar-refractivity contribution in [1.29, 1.82) is 0 Å². The summed E-state index contributed by atoms with van der Waals surface area (Å²) in [6, 6.07) is 0. The van der Waals surface area contributed by atoms with Crippen molar-refractivity contribution in [1.82, 2.24) is 19.8 Å². The van der Waals surface area contributed by atoms with Gasteiger partial charge in [0.1, 0.15) is 11.2 Å². The van der Waals surface area contributed by atoms with Gasteiger partial charge in [0.2, 0.25) is 15.9 Å². The highest BCUT2D eigenvalue weighted by molar-refractivity contribution is 7.88. The highest BCUT2D eigenvalue weighted by atomic mass is 32.2. The Hall–Kier alpha value is -2.34. The Bertz CT molecular complexity index is 1200. The van der Waals surface area contributed by atoms with Crippen LogP contribution in [0.3, 0.4) is 0 Å². The van der Waals surface area contributed by atoms with Crippen LogP contribution in [0.5, 0.6) is 5.88 Å². The van der Waals surface area contributed by atoms with Gasteiger partial charge in [-0.25, -0.2) is 22.6 Å². The summed E-state index contributed by atoms with van der Waals surface area (Å²) < 4.78 is 39.9. The molecule has 0 saturated heterocycles. The van der Waals surface area contributed by atoms with E-state index in [4.69, 9.17) is 15.2 Å². The SMILES string of the molecule is CC(C)COc1c(C(=O)NCCC23CC4CC(C2)CC(OC(N)=O)(C4)C3)cnn1CC(C)C(C)(C)NS(C)(=O)=O. The molecule has 0 aliphatic heterocycles. The van der Waals surface area contributed by atoms with E-state index < -0.39 is 27.3 Å². The van der Waals surface area contributed by atoms with Gasteiger partial charge in [0.05, 0.1) is 19.1 Å². The molecule has 4 saturated carbocycles. The van der Waals surface area contributed by atoms with Crippen LogP contribution in [0.1, 0.15) is 89.9 Å².